The molecular formula is C31H26Br2N2O5S. The molecule has 0 saturated carbocycles. The number of aromatic nitrogens is 1. The van der Waals surface area contributed by atoms with Gasteiger partial charge in [0.25, 0.3) is 5.56 Å². The zero-order valence-corrected chi connectivity index (χ0v) is 26.5. The van der Waals surface area contributed by atoms with E-state index in [2.05, 4.69) is 36.9 Å². The van der Waals surface area contributed by atoms with Gasteiger partial charge in [-0.25, -0.2) is 9.79 Å². The molecule has 0 amide bonds. The first-order chi connectivity index (χ1) is 19.8. The molecular weight excluding hydrogens is 672 g/mol. The van der Waals surface area contributed by atoms with Crippen LogP contribution in [-0.4, -0.2) is 24.3 Å². The molecule has 5 rings (SSSR count). The van der Waals surface area contributed by atoms with E-state index in [0.717, 1.165) is 25.6 Å². The number of ether oxygens (including phenoxy) is 3. The molecule has 10 heteroatoms. The fourth-order valence-electron chi connectivity index (χ4n) is 4.54. The topological polar surface area (TPSA) is 79.1 Å². The molecule has 0 saturated heterocycles. The molecule has 41 heavy (non-hydrogen) atoms. The Labute approximate surface area is 257 Å². The Bertz CT molecular complexity index is 1810. The number of carbonyl (C=O) groups is 1. The highest BCUT2D eigenvalue weighted by Gasteiger charge is 2.33. The van der Waals surface area contributed by atoms with Crippen molar-refractivity contribution >= 4 is 55.2 Å². The Morgan fingerprint density at radius 2 is 1.71 bits per heavy atom. The maximum absolute atomic E-state index is 13.8. The predicted octanol–water partition coefficient (Wildman–Crippen LogP) is 5.91. The molecule has 0 N–H and O–H groups in total. The zero-order chi connectivity index (χ0) is 29.1. The molecule has 210 valence electrons. The van der Waals surface area contributed by atoms with Crippen LogP contribution in [0.4, 0.5) is 0 Å². The first-order valence-corrected chi connectivity index (χ1v) is 15.2. The highest BCUT2D eigenvalue weighted by atomic mass is 79.9. The smallest absolute Gasteiger partial charge is 0.338 e. The minimum absolute atomic E-state index is 0.220. The van der Waals surface area contributed by atoms with Gasteiger partial charge >= 0.3 is 5.97 Å². The molecule has 4 aromatic rings. The minimum Gasteiger partial charge on any atom is -0.493 e. The number of methoxy groups -OCH3 is 1. The molecule has 0 radical (unpaired) electrons. The summed E-state index contributed by atoms with van der Waals surface area (Å²) >= 11 is 8.18. The molecule has 0 aliphatic carbocycles. The van der Waals surface area contributed by atoms with Crippen molar-refractivity contribution in [3.63, 3.8) is 0 Å². The fourth-order valence-corrected chi connectivity index (χ4v) is 6.11. The normalized spacial score (nSPS) is 14.9. The van der Waals surface area contributed by atoms with Crippen molar-refractivity contribution in [2.24, 2.45) is 4.99 Å². The number of halogens is 2. The molecule has 7 nitrogen and oxygen atoms in total. The summed E-state index contributed by atoms with van der Waals surface area (Å²) in [5.41, 5.74) is 3.21. The Hall–Kier alpha value is -3.47. The third-order valence-corrected chi connectivity index (χ3v) is 8.54. The van der Waals surface area contributed by atoms with Crippen LogP contribution in [0.25, 0.3) is 6.08 Å². The first-order valence-electron chi connectivity index (χ1n) is 12.8. The van der Waals surface area contributed by atoms with Gasteiger partial charge in [-0.1, -0.05) is 73.5 Å². The summed E-state index contributed by atoms with van der Waals surface area (Å²) < 4.78 is 20.9. The van der Waals surface area contributed by atoms with Crippen LogP contribution in [0.2, 0.25) is 0 Å². The lowest BCUT2D eigenvalue weighted by Gasteiger charge is -2.24. The minimum atomic E-state index is -0.663. The molecule has 3 aromatic carbocycles. The summed E-state index contributed by atoms with van der Waals surface area (Å²) in [6.07, 6.45) is 1.80. The maximum atomic E-state index is 13.8. The van der Waals surface area contributed by atoms with E-state index >= 15 is 0 Å². The number of esters is 1. The number of fused-ring (bicyclic) bond motifs is 1. The van der Waals surface area contributed by atoms with E-state index in [4.69, 9.17) is 14.2 Å². The van der Waals surface area contributed by atoms with Gasteiger partial charge in [-0.15, -0.1) is 0 Å². The standard InChI is InChI=1S/C31H26Br2N2O5S/c1-4-39-30(37)27-18(2)34-31-35(28(27)21-8-12-23(33)13-9-21)29(36)26(41-31)16-20-7-14-24(25(15-20)38-3)40-17-19-5-10-22(32)11-6-19/h5-16,28H,4,17H2,1-3H3/b26-16-/t28-/m0/s1. The van der Waals surface area contributed by atoms with Crippen molar-refractivity contribution in [1.29, 1.82) is 0 Å². The number of hydrogen-bond donors (Lipinski definition) is 0. The van der Waals surface area contributed by atoms with E-state index in [9.17, 15) is 9.59 Å². The third-order valence-electron chi connectivity index (χ3n) is 6.50. The first kappa shape index (κ1) is 29.0. The number of thiazole rings is 1. The van der Waals surface area contributed by atoms with Gasteiger partial charge in [0.1, 0.15) is 6.61 Å². The van der Waals surface area contributed by atoms with Gasteiger partial charge in [0.2, 0.25) is 0 Å². The number of carbonyl (C=O) groups excluding carboxylic acids is 1. The van der Waals surface area contributed by atoms with Crippen molar-refractivity contribution in [2.45, 2.75) is 26.5 Å². The summed E-state index contributed by atoms with van der Waals surface area (Å²) in [6, 6.07) is 20.3. The summed E-state index contributed by atoms with van der Waals surface area (Å²) in [7, 11) is 1.58. The molecule has 0 spiro atoms. The van der Waals surface area contributed by atoms with E-state index in [1.165, 1.54) is 11.3 Å². The number of rotatable bonds is 8. The zero-order valence-electron chi connectivity index (χ0n) is 22.5. The SMILES string of the molecule is CCOC(=O)C1=C(C)N=c2s/c(=C\c3ccc(OCc4ccc(Br)cc4)c(OC)c3)c(=O)n2[C@H]1c1ccc(Br)cc1. The lowest BCUT2D eigenvalue weighted by atomic mass is 9.96. The lowest BCUT2D eigenvalue weighted by molar-refractivity contribution is -0.139. The van der Waals surface area contributed by atoms with Crippen molar-refractivity contribution in [3.05, 3.63) is 123 Å². The average Bonchev–Trinajstić information content (AvgIpc) is 3.26. The van der Waals surface area contributed by atoms with Crippen molar-refractivity contribution in [3.8, 4) is 11.5 Å². The molecule has 1 aromatic heterocycles. The second-order valence-corrected chi connectivity index (χ2v) is 12.0. The van der Waals surface area contributed by atoms with Crippen molar-refractivity contribution < 1.29 is 19.0 Å². The van der Waals surface area contributed by atoms with Gasteiger partial charge < -0.3 is 14.2 Å². The molecule has 0 bridgehead atoms. The lowest BCUT2D eigenvalue weighted by Crippen LogP contribution is -2.39. The number of benzene rings is 3. The van der Waals surface area contributed by atoms with Crippen LogP contribution in [0.1, 0.15) is 36.6 Å². The van der Waals surface area contributed by atoms with Gasteiger partial charge in [0.15, 0.2) is 16.3 Å². The van der Waals surface area contributed by atoms with Crippen molar-refractivity contribution in [1.82, 2.24) is 4.57 Å². The number of allylic oxidation sites excluding steroid dienone is 1. The summed E-state index contributed by atoms with van der Waals surface area (Å²) in [5, 5.41) is 0. The number of nitrogens with zero attached hydrogens (tertiary/aromatic N) is 2. The number of hydrogen-bond acceptors (Lipinski definition) is 7. The van der Waals surface area contributed by atoms with Crippen LogP contribution in [0.3, 0.4) is 0 Å². The summed E-state index contributed by atoms with van der Waals surface area (Å²) in [5.74, 6) is 0.662. The molecule has 1 aliphatic heterocycles. The van der Waals surface area contributed by atoms with Crippen LogP contribution in [-0.2, 0) is 16.1 Å². The highest BCUT2D eigenvalue weighted by molar-refractivity contribution is 9.10. The van der Waals surface area contributed by atoms with Crippen LogP contribution >= 0.6 is 43.2 Å². The average molecular weight is 698 g/mol. The van der Waals surface area contributed by atoms with Gasteiger partial charge in [0.05, 0.1) is 35.6 Å². The van der Waals surface area contributed by atoms with Gasteiger partial charge in [-0.2, -0.15) is 0 Å². The predicted molar refractivity (Wildman–Crippen MR) is 166 cm³/mol. The summed E-state index contributed by atoms with van der Waals surface area (Å²) in [4.78, 5) is 32.0. The monoisotopic (exact) mass is 696 g/mol. The van der Waals surface area contributed by atoms with Crippen LogP contribution in [0, 0.1) is 0 Å². The van der Waals surface area contributed by atoms with E-state index in [-0.39, 0.29) is 12.2 Å². The van der Waals surface area contributed by atoms with Crippen LogP contribution in [0.15, 0.2) is 96.7 Å². The fraction of sp³-hybridized carbons (Fsp3) is 0.194. The Kier molecular flexibility index (Phi) is 8.91. The van der Waals surface area contributed by atoms with Crippen molar-refractivity contribution in [2.75, 3.05) is 13.7 Å². The Balaban J connectivity index is 1.53. The quantitative estimate of drug-likeness (QED) is 0.214. The van der Waals surface area contributed by atoms with Gasteiger partial charge in [-0.3, -0.25) is 9.36 Å². The van der Waals surface area contributed by atoms with Crippen LogP contribution < -0.4 is 24.4 Å². The largest absolute Gasteiger partial charge is 0.493 e. The highest BCUT2D eigenvalue weighted by Crippen LogP contribution is 2.32. The second kappa shape index (κ2) is 12.6. The maximum Gasteiger partial charge on any atom is 0.338 e. The second-order valence-electron chi connectivity index (χ2n) is 9.18. The van der Waals surface area contributed by atoms with Gasteiger partial charge in [-0.05, 0) is 73.0 Å². The van der Waals surface area contributed by atoms with E-state index in [0.29, 0.717) is 38.7 Å². The molecule has 0 unspecified atom stereocenters. The molecule has 1 atom stereocenters. The Morgan fingerprint density at radius 3 is 2.37 bits per heavy atom. The van der Waals surface area contributed by atoms with Crippen LogP contribution in [0.5, 0.6) is 11.5 Å². The Morgan fingerprint density at radius 1 is 1.02 bits per heavy atom. The molecule has 2 heterocycles. The third kappa shape index (κ3) is 6.24. The van der Waals surface area contributed by atoms with E-state index in [1.807, 2.05) is 66.7 Å². The summed E-state index contributed by atoms with van der Waals surface area (Å²) in [6.45, 7) is 4.13. The van der Waals surface area contributed by atoms with E-state index < -0.39 is 12.0 Å². The van der Waals surface area contributed by atoms with Gasteiger partial charge in [0, 0.05) is 8.95 Å². The van der Waals surface area contributed by atoms with E-state index in [1.54, 1.807) is 31.6 Å². The molecule has 0 fully saturated rings. The molecule has 1 aliphatic rings.